The lowest BCUT2D eigenvalue weighted by atomic mass is 10.0. The Balaban J connectivity index is 1.85. The molecule has 6 nitrogen and oxygen atoms in total. The van der Waals surface area contributed by atoms with Crippen molar-refractivity contribution in [2.75, 3.05) is 6.61 Å². The molecule has 2 aromatic carbocycles. The van der Waals surface area contributed by atoms with Crippen LogP contribution in [0, 0.1) is 11.2 Å². The molecule has 0 fully saturated rings. The van der Waals surface area contributed by atoms with E-state index >= 15 is 0 Å². The van der Waals surface area contributed by atoms with Crippen LogP contribution in [0.4, 0.5) is 4.39 Å². The zero-order valence-electron chi connectivity index (χ0n) is 17.1. The first-order chi connectivity index (χ1) is 14.4. The van der Waals surface area contributed by atoms with Crippen molar-refractivity contribution in [3.05, 3.63) is 71.0 Å². The lowest BCUT2D eigenvalue weighted by molar-refractivity contribution is -0.143. The molecule has 1 amide bonds. The average Bonchev–Trinajstić information content (AvgIpc) is 2.71. The highest BCUT2D eigenvalue weighted by Gasteiger charge is 2.19. The fourth-order valence-electron chi connectivity index (χ4n) is 3.09. The smallest absolute Gasteiger partial charge is 0.308 e. The minimum Gasteiger partial charge on any atom is -0.466 e. The van der Waals surface area contributed by atoms with Crippen molar-refractivity contribution in [2.24, 2.45) is 5.73 Å². The molecule has 2 rings (SSSR count). The first-order valence-corrected chi connectivity index (χ1v) is 10.0. The lowest BCUT2D eigenvalue weighted by Crippen LogP contribution is -2.30. The molecule has 0 heterocycles. The molecule has 160 valence electrons. The van der Waals surface area contributed by atoms with Crippen LogP contribution >= 0.6 is 0 Å². The number of nitrogens with one attached hydrogen (secondary N) is 2. The van der Waals surface area contributed by atoms with Crippen LogP contribution in [0.1, 0.15) is 55.3 Å². The van der Waals surface area contributed by atoms with Gasteiger partial charge in [-0.3, -0.25) is 15.0 Å². The molecule has 0 saturated carbocycles. The third-order valence-corrected chi connectivity index (χ3v) is 4.65. The molecule has 0 radical (unpaired) electrons. The summed E-state index contributed by atoms with van der Waals surface area (Å²) in [6.07, 6.45) is 2.55. The van der Waals surface area contributed by atoms with Gasteiger partial charge in [-0.25, -0.2) is 4.39 Å². The van der Waals surface area contributed by atoms with Crippen LogP contribution in [0.2, 0.25) is 0 Å². The third kappa shape index (κ3) is 7.66. The Kier molecular flexibility index (Phi) is 9.00. The van der Waals surface area contributed by atoms with Gasteiger partial charge in [0.05, 0.1) is 19.1 Å². The third-order valence-electron chi connectivity index (χ3n) is 4.65. The topological polar surface area (TPSA) is 105 Å². The van der Waals surface area contributed by atoms with E-state index in [4.69, 9.17) is 15.9 Å². The number of ether oxygens (including phenoxy) is 1. The maximum absolute atomic E-state index is 13.6. The molecule has 0 aliphatic carbocycles. The van der Waals surface area contributed by atoms with Gasteiger partial charge in [-0.15, -0.1) is 0 Å². The van der Waals surface area contributed by atoms with Gasteiger partial charge in [0.2, 0.25) is 5.91 Å². The quantitative estimate of drug-likeness (QED) is 0.226. The van der Waals surface area contributed by atoms with E-state index < -0.39 is 17.8 Å². The number of amides is 1. The Hall–Kier alpha value is -3.22. The summed E-state index contributed by atoms with van der Waals surface area (Å²) in [7, 11) is 0. The summed E-state index contributed by atoms with van der Waals surface area (Å²) in [4.78, 5) is 24.3. The normalized spacial score (nSPS) is 11.5. The van der Waals surface area contributed by atoms with E-state index in [-0.39, 0.29) is 24.8 Å². The van der Waals surface area contributed by atoms with Crippen molar-refractivity contribution >= 4 is 17.7 Å². The second-order valence-corrected chi connectivity index (χ2v) is 7.00. The van der Waals surface area contributed by atoms with Crippen LogP contribution in [0.25, 0.3) is 0 Å². The number of halogens is 1. The fourth-order valence-corrected chi connectivity index (χ4v) is 3.09. The highest BCUT2D eigenvalue weighted by atomic mass is 19.1. The van der Waals surface area contributed by atoms with E-state index in [1.54, 1.807) is 19.1 Å². The molecule has 0 aliphatic heterocycles. The second kappa shape index (κ2) is 11.7. The maximum Gasteiger partial charge on any atom is 0.308 e. The van der Waals surface area contributed by atoms with E-state index in [0.717, 1.165) is 18.4 Å². The number of aryl methyl sites for hydroxylation is 1. The van der Waals surface area contributed by atoms with Gasteiger partial charge in [0.25, 0.3) is 0 Å². The summed E-state index contributed by atoms with van der Waals surface area (Å²) >= 11 is 0. The van der Waals surface area contributed by atoms with E-state index in [0.29, 0.717) is 24.0 Å². The molecule has 0 saturated heterocycles. The van der Waals surface area contributed by atoms with Crippen LogP contribution in [-0.2, 0) is 20.7 Å². The zero-order valence-corrected chi connectivity index (χ0v) is 17.1. The summed E-state index contributed by atoms with van der Waals surface area (Å²) in [5.74, 6) is -1.03. The number of carbonyl (C=O) groups is 2. The van der Waals surface area contributed by atoms with Crippen molar-refractivity contribution < 1.29 is 18.7 Å². The number of nitrogens with two attached hydrogens (primary N) is 1. The number of carbonyl (C=O) groups excluding carboxylic acids is 2. The first kappa shape index (κ1) is 23.1. The summed E-state index contributed by atoms with van der Waals surface area (Å²) < 4.78 is 18.6. The largest absolute Gasteiger partial charge is 0.466 e. The predicted octanol–water partition coefficient (Wildman–Crippen LogP) is 3.63. The number of hydrogen-bond donors (Lipinski definition) is 3. The molecule has 4 N–H and O–H groups in total. The van der Waals surface area contributed by atoms with Crippen molar-refractivity contribution in [1.29, 1.82) is 5.41 Å². The molecule has 2 aromatic rings. The Labute approximate surface area is 176 Å². The van der Waals surface area contributed by atoms with E-state index in [2.05, 4.69) is 5.32 Å². The molecule has 30 heavy (non-hydrogen) atoms. The minimum atomic E-state index is -0.633. The molecule has 0 aliphatic rings. The molecule has 0 bridgehead atoms. The van der Waals surface area contributed by atoms with Crippen molar-refractivity contribution in [1.82, 2.24) is 5.32 Å². The van der Waals surface area contributed by atoms with Gasteiger partial charge in [-0.05, 0) is 49.4 Å². The molecular formula is C23H28FN3O3. The average molecular weight is 413 g/mol. The summed E-state index contributed by atoms with van der Waals surface area (Å²) in [6.45, 7) is 1.96. The van der Waals surface area contributed by atoms with Gasteiger partial charge < -0.3 is 15.8 Å². The van der Waals surface area contributed by atoms with Gasteiger partial charge in [0.15, 0.2) is 0 Å². The monoisotopic (exact) mass is 413 g/mol. The molecule has 1 atom stereocenters. The number of hydrogen-bond acceptors (Lipinski definition) is 4. The maximum atomic E-state index is 13.6. The number of nitrogen functional groups attached to an aromatic ring is 1. The SMILES string of the molecule is CCOC(=O)CC(NC(=O)CCCCc1ccc(C(=N)N)cc1)c1cccc(F)c1. The van der Waals surface area contributed by atoms with Crippen LogP contribution in [-0.4, -0.2) is 24.3 Å². The van der Waals surface area contributed by atoms with Gasteiger partial charge in [-0.1, -0.05) is 36.4 Å². The van der Waals surface area contributed by atoms with Gasteiger partial charge in [-0.2, -0.15) is 0 Å². The second-order valence-electron chi connectivity index (χ2n) is 7.00. The Morgan fingerprint density at radius 2 is 1.90 bits per heavy atom. The number of esters is 1. The molecule has 0 aromatic heterocycles. The Bertz CT molecular complexity index is 868. The fraction of sp³-hybridized carbons (Fsp3) is 0.348. The van der Waals surface area contributed by atoms with E-state index in [1.165, 1.54) is 12.1 Å². The molecule has 1 unspecified atom stereocenters. The summed E-state index contributed by atoms with van der Waals surface area (Å²) in [6, 6.07) is 12.7. The number of amidine groups is 1. The summed E-state index contributed by atoms with van der Waals surface area (Å²) in [5, 5.41) is 10.2. The molecular weight excluding hydrogens is 385 g/mol. The number of benzene rings is 2. The highest BCUT2D eigenvalue weighted by Crippen LogP contribution is 2.19. The van der Waals surface area contributed by atoms with Gasteiger partial charge in [0, 0.05) is 12.0 Å². The lowest BCUT2D eigenvalue weighted by Gasteiger charge is -2.18. The van der Waals surface area contributed by atoms with E-state index in [9.17, 15) is 14.0 Å². The van der Waals surface area contributed by atoms with Crippen LogP contribution in [0.15, 0.2) is 48.5 Å². The molecule has 0 spiro atoms. The van der Waals surface area contributed by atoms with Gasteiger partial charge >= 0.3 is 5.97 Å². The first-order valence-electron chi connectivity index (χ1n) is 10.0. The van der Waals surface area contributed by atoms with Gasteiger partial charge in [0.1, 0.15) is 11.7 Å². The number of rotatable bonds is 11. The van der Waals surface area contributed by atoms with E-state index in [1.807, 2.05) is 24.3 Å². The standard InChI is InChI=1S/C23H28FN3O3/c1-2-30-22(29)15-20(18-7-5-8-19(24)14-18)27-21(28)9-4-3-6-16-10-12-17(13-11-16)23(25)26/h5,7-8,10-14,20H,2-4,6,9,15H2,1H3,(H3,25,26)(H,27,28). The Morgan fingerprint density at radius 1 is 1.17 bits per heavy atom. The predicted molar refractivity (Wildman–Crippen MR) is 114 cm³/mol. The summed E-state index contributed by atoms with van der Waals surface area (Å²) in [5.41, 5.74) is 7.77. The minimum absolute atomic E-state index is 0.0360. The zero-order chi connectivity index (χ0) is 21.9. The van der Waals surface area contributed by atoms with Crippen LogP contribution in [0.5, 0.6) is 0 Å². The Morgan fingerprint density at radius 3 is 2.53 bits per heavy atom. The number of unbranched alkanes of at least 4 members (excludes halogenated alkanes) is 1. The van der Waals surface area contributed by atoms with Crippen LogP contribution in [0.3, 0.4) is 0 Å². The highest BCUT2D eigenvalue weighted by molar-refractivity contribution is 5.94. The van der Waals surface area contributed by atoms with Crippen molar-refractivity contribution in [3.63, 3.8) is 0 Å². The van der Waals surface area contributed by atoms with Crippen molar-refractivity contribution in [2.45, 2.75) is 45.1 Å². The van der Waals surface area contributed by atoms with Crippen molar-refractivity contribution in [3.8, 4) is 0 Å². The molecule has 7 heteroatoms. The van der Waals surface area contributed by atoms with Crippen LogP contribution < -0.4 is 11.1 Å².